The molecule has 0 aromatic carbocycles. The first-order chi connectivity index (χ1) is 9.85. The molecule has 1 saturated heterocycles. The molecule has 0 spiro atoms. The predicted molar refractivity (Wildman–Crippen MR) is 81.6 cm³/mol. The average Bonchev–Trinajstić information content (AvgIpc) is 2.84. The molecule has 6 nitrogen and oxygen atoms in total. The van der Waals surface area contributed by atoms with Gasteiger partial charge < -0.3 is 15.1 Å². The van der Waals surface area contributed by atoms with Crippen LogP contribution in [0.4, 0.5) is 5.13 Å². The van der Waals surface area contributed by atoms with Gasteiger partial charge in [0.05, 0.1) is 6.10 Å². The van der Waals surface area contributed by atoms with E-state index in [0.29, 0.717) is 31.8 Å². The zero-order chi connectivity index (χ0) is 15.6. The van der Waals surface area contributed by atoms with E-state index in [2.05, 4.69) is 24.0 Å². The van der Waals surface area contributed by atoms with E-state index in [0.717, 1.165) is 16.6 Å². The van der Waals surface area contributed by atoms with Gasteiger partial charge in [-0.2, -0.15) is 0 Å². The summed E-state index contributed by atoms with van der Waals surface area (Å²) in [5.74, 6) is -0.505. The molecular formula is C14H23N3O3S. The molecule has 0 saturated carbocycles. The Morgan fingerprint density at radius 3 is 2.76 bits per heavy atom. The Morgan fingerprint density at radius 2 is 2.24 bits per heavy atom. The van der Waals surface area contributed by atoms with Crippen LogP contribution in [0.15, 0.2) is 0 Å². The normalized spacial score (nSPS) is 26.3. The van der Waals surface area contributed by atoms with E-state index < -0.39 is 17.5 Å². The quantitative estimate of drug-likeness (QED) is 0.864. The monoisotopic (exact) mass is 313 g/mol. The number of carboxylic acids is 1. The Labute approximate surface area is 128 Å². The first-order valence-electron chi connectivity index (χ1n) is 7.31. The molecule has 2 heterocycles. The Kier molecular flexibility index (Phi) is 4.83. The molecule has 1 aliphatic heterocycles. The Hall–Kier alpha value is -1.21. The summed E-state index contributed by atoms with van der Waals surface area (Å²) in [5.41, 5.74) is -1.11. The van der Waals surface area contributed by atoms with E-state index in [1.54, 1.807) is 0 Å². The molecule has 21 heavy (non-hydrogen) atoms. The highest BCUT2D eigenvalue weighted by atomic mass is 32.1. The van der Waals surface area contributed by atoms with Crippen molar-refractivity contribution >= 4 is 22.4 Å². The van der Waals surface area contributed by atoms with Gasteiger partial charge in [-0.3, -0.25) is 4.79 Å². The number of anilines is 1. The molecule has 1 aromatic rings. The van der Waals surface area contributed by atoms with Crippen molar-refractivity contribution in [1.29, 1.82) is 0 Å². The zero-order valence-electron chi connectivity index (χ0n) is 12.7. The second-order valence-corrected chi connectivity index (χ2v) is 7.38. The smallest absolute Gasteiger partial charge is 0.314 e. The lowest BCUT2D eigenvalue weighted by atomic mass is 9.73. The van der Waals surface area contributed by atoms with Crippen LogP contribution < -0.4 is 4.90 Å². The lowest BCUT2D eigenvalue weighted by Gasteiger charge is -2.43. The van der Waals surface area contributed by atoms with Crippen LogP contribution in [0.2, 0.25) is 0 Å². The lowest BCUT2D eigenvalue weighted by Crippen LogP contribution is -2.56. The van der Waals surface area contributed by atoms with E-state index >= 15 is 0 Å². The predicted octanol–water partition coefficient (Wildman–Crippen LogP) is 1.92. The summed E-state index contributed by atoms with van der Waals surface area (Å²) in [4.78, 5) is 13.8. The highest BCUT2D eigenvalue weighted by molar-refractivity contribution is 7.15. The van der Waals surface area contributed by atoms with Crippen LogP contribution in [0, 0.1) is 18.3 Å². The van der Waals surface area contributed by atoms with E-state index in [1.807, 2.05) is 11.8 Å². The van der Waals surface area contributed by atoms with Gasteiger partial charge in [0.1, 0.15) is 10.4 Å². The summed E-state index contributed by atoms with van der Waals surface area (Å²) in [7, 11) is 0. The van der Waals surface area contributed by atoms with Crippen molar-refractivity contribution in [3.8, 4) is 0 Å². The van der Waals surface area contributed by atoms with Gasteiger partial charge in [-0.1, -0.05) is 25.2 Å². The summed E-state index contributed by atoms with van der Waals surface area (Å²) in [5, 5.41) is 29.8. The van der Waals surface area contributed by atoms with Gasteiger partial charge in [-0.25, -0.2) is 0 Å². The van der Waals surface area contributed by atoms with Gasteiger partial charge >= 0.3 is 5.97 Å². The van der Waals surface area contributed by atoms with Gasteiger partial charge in [-0.15, -0.1) is 10.2 Å². The molecule has 2 rings (SSSR count). The topological polar surface area (TPSA) is 86.5 Å². The first kappa shape index (κ1) is 16.2. The summed E-state index contributed by atoms with van der Waals surface area (Å²) in [6.07, 6.45) is 0.907. The van der Waals surface area contributed by atoms with Gasteiger partial charge in [0.15, 0.2) is 0 Å². The minimum Gasteiger partial charge on any atom is -0.481 e. The highest BCUT2D eigenvalue weighted by Crippen LogP contribution is 2.38. The minimum atomic E-state index is -1.11. The van der Waals surface area contributed by atoms with Crippen LogP contribution >= 0.6 is 11.3 Å². The number of carbonyl (C=O) groups is 1. The molecule has 0 bridgehead atoms. The third-order valence-electron chi connectivity index (χ3n) is 4.16. The van der Waals surface area contributed by atoms with Crippen molar-refractivity contribution in [1.82, 2.24) is 10.2 Å². The maximum atomic E-state index is 11.9. The van der Waals surface area contributed by atoms with Gasteiger partial charge in [0, 0.05) is 13.1 Å². The maximum absolute atomic E-state index is 11.9. The molecule has 0 radical (unpaired) electrons. The summed E-state index contributed by atoms with van der Waals surface area (Å²) in [6, 6.07) is 0. The second-order valence-electron chi connectivity index (χ2n) is 6.22. The number of hydrogen-bond acceptors (Lipinski definition) is 6. The number of aliphatic hydroxyl groups excluding tert-OH is 1. The molecule has 0 unspecified atom stereocenters. The summed E-state index contributed by atoms with van der Waals surface area (Å²) >= 11 is 1.46. The number of hydrogen-bond donors (Lipinski definition) is 2. The fraction of sp³-hybridized carbons (Fsp3) is 0.786. The average molecular weight is 313 g/mol. The molecule has 2 N–H and O–H groups in total. The van der Waals surface area contributed by atoms with E-state index in [-0.39, 0.29) is 0 Å². The zero-order valence-corrected chi connectivity index (χ0v) is 13.6. The van der Waals surface area contributed by atoms with Gasteiger partial charge in [0.25, 0.3) is 0 Å². The van der Waals surface area contributed by atoms with Gasteiger partial charge in [-0.05, 0) is 32.1 Å². The molecule has 0 aliphatic carbocycles. The van der Waals surface area contributed by atoms with E-state index in [9.17, 15) is 15.0 Å². The van der Waals surface area contributed by atoms with Crippen molar-refractivity contribution in [3.05, 3.63) is 5.01 Å². The maximum Gasteiger partial charge on any atom is 0.314 e. The number of piperidine rings is 1. The summed E-state index contributed by atoms with van der Waals surface area (Å²) in [6.45, 7) is 6.92. The van der Waals surface area contributed by atoms with E-state index in [4.69, 9.17) is 0 Å². The molecule has 118 valence electrons. The molecule has 1 aromatic heterocycles. The van der Waals surface area contributed by atoms with Crippen molar-refractivity contribution in [2.45, 2.75) is 46.1 Å². The number of aromatic nitrogens is 2. The van der Waals surface area contributed by atoms with Crippen LogP contribution in [-0.2, 0) is 4.79 Å². The number of rotatable bonds is 5. The Balaban J connectivity index is 2.22. The third kappa shape index (κ3) is 3.35. The first-order valence-corrected chi connectivity index (χ1v) is 8.13. The summed E-state index contributed by atoms with van der Waals surface area (Å²) < 4.78 is 0. The second kappa shape index (κ2) is 6.27. The number of aliphatic carboxylic acids is 1. The standard InChI is InChI=1S/C14H23N3O3S/c1-9(2)4-6-14(12(19)20)8-17(7-5-11(14)18)13-16-15-10(3)21-13/h9,11,18H,4-8H2,1-3H3,(H,19,20)/t11-,14+/m0/s1. The largest absolute Gasteiger partial charge is 0.481 e. The van der Waals surface area contributed by atoms with E-state index in [1.165, 1.54) is 11.3 Å². The Bertz CT molecular complexity index is 505. The molecule has 1 aliphatic rings. The molecular weight excluding hydrogens is 290 g/mol. The van der Waals surface area contributed by atoms with Crippen LogP contribution in [0.5, 0.6) is 0 Å². The van der Waals surface area contributed by atoms with Crippen molar-refractivity contribution in [2.24, 2.45) is 11.3 Å². The fourth-order valence-corrected chi connectivity index (χ4v) is 3.48. The number of aryl methyl sites for hydroxylation is 1. The van der Waals surface area contributed by atoms with Crippen LogP contribution in [0.3, 0.4) is 0 Å². The van der Waals surface area contributed by atoms with Crippen LogP contribution in [-0.4, -0.2) is 45.6 Å². The number of aliphatic hydroxyl groups is 1. The van der Waals surface area contributed by atoms with Gasteiger partial charge in [0.2, 0.25) is 5.13 Å². The molecule has 2 atom stereocenters. The highest BCUT2D eigenvalue weighted by Gasteiger charge is 2.49. The molecule has 7 heteroatoms. The lowest BCUT2D eigenvalue weighted by molar-refractivity contribution is -0.158. The molecule has 1 fully saturated rings. The fourth-order valence-electron chi connectivity index (χ4n) is 2.77. The third-order valence-corrected chi connectivity index (χ3v) is 5.06. The number of nitrogens with zero attached hydrogens (tertiary/aromatic N) is 3. The SMILES string of the molecule is Cc1nnc(N2CC[C@H](O)[C@](CCC(C)C)(C(=O)O)C2)s1. The van der Waals surface area contributed by atoms with Crippen LogP contribution in [0.25, 0.3) is 0 Å². The molecule has 0 amide bonds. The Morgan fingerprint density at radius 1 is 1.52 bits per heavy atom. The number of carboxylic acid groups (broad SMARTS) is 1. The van der Waals surface area contributed by atoms with Crippen molar-refractivity contribution < 1.29 is 15.0 Å². The minimum absolute atomic E-state index is 0.296. The van der Waals surface area contributed by atoms with Crippen molar-refractivity contribution in [3.63, 3.8) is 0 Å². The van der Waals surface area contributed by atoms with Crippen LogP contribution in [0.1, 0.15) is 38.1 Å². The van der Waals surface area contributed by atoms with Crippen molar-refractivity contribution in [2.75, 3.05) is 18.0 Å².